The third-order valence-electron chi connectivity index (χ3n) is 5.05. The zero-order chi connectivity index (χ0) is 16.3. The number of esters is 1. The summed E-state index contributed by atoms with van der Waals surface area (Å²) < 4.78 is 5.32. The number of amides is 1. The van der Waals surface area contributed by atoms with Crippen LogP contribution < -0.4 is 5.32 Å². The van der Waals surface area contributed by atoms with Gasteiger partial charge >= 0.3 is 5.97 Å². The van der Waals surface area contributed by atoms with Crippen LogP contribution >= 0.6 is 11.6 Å². The van der Waals surface area contributed by atoms with Crippen LogP contribution in [-0.2, 0) is 19.7 Å². The predicted molar refractivity (Wildman–Crippen MR) is 88.3 cm³/mol. The molecule has 2 saturated carbocycles. The van der Waals surface area contributed by atoms with Gasteiger partial charge in [-0.2, -0.15) is 0 Å². The Morgan fingerprint density at radius 1 is 1.13 bits per heavy atom. The van der Waals surface area contributed by atoms with Crippen molar-refractivity contribution in [2.24, 2.45) is 0 Å². The van der Waals surface area contributed by atoms with Gasteiger partial charge in [-0.1, -0.05) is 43.0 Å². The third-order valence-corrected chi connectivity index (χ3v) is 5.30. The summed E-state index contributed by atoms with van der Waals surface area (Å²) in [5.41, 5.74) is 0.326. The summed E-state index contributed by atoms with van der Waals surface area (Å²) in [6.45, 7) is -0.190. The first-order valence-corrected chi connectivity index (χ1v) is 8.71. The van der Waals surface area contributed by atoms with Gasteiger partial charge < -0.3 is 10.1 Å². The summed E-state index contributed by atoms with van der Waals surface area (Å²) in [5.74, 6) is -0.497. The van der Waals surface area contributed by atoms with E-state index in [-0.39, 0.29) is 24.5 Å². The Labute approximate surface area is 141 Å². The molecule has 0 bridgehead atoms. The third kappa shape index (κ3) is 3.52. The topological polar surface area (TPSA) is 55.4 Å². The van der Waals surface area contributed by atoms with Crippen molar-refractivity contribution in [3.8, 4) is 0 Å². The van der Waals surface area contributed by atoms with Gasteiger partial charge in [0.1, 0.15) is 0 Å². The zero-order valence-electron chi connectivity index (χ0n) is 13.1. The van der Waals surface area contributed by atoms with Crippen LogP contribution in [0.25, 0.3) is 0 Å². The van der Waals surface area contributed by atoms with E-state index >= 15 is 0 Å². The van der Waals surface area contributed by atoms with Crippen LogP contribution in [0.1, 0.15) is 50.5 Å². The molecule has 5 heteroatoms. The van der Waals surface area contributed by atoms with Gasteiger partial charge in [-0.3, -0.25) is 9.59 Å². The standard InChI is InChI=1S/C18H22ClNO3/c19-14-8-6-13(7-9-14)18(10-3-11-18)17(22)23-12-16(21)20-15-4-1-2-5-15/h6-9,15H,1-5,10-12H2,(H,20,21). The SMILES string of the molecule is O=C(COC(=O)C1(c2ccc(Cl)cc2)CCC1)NC1CCCC1. The first-order chi connectivity index (χ1) is 11.1. The molecule has 3 rings (SSSR count). The molecule has 23 heavy (non-hydrogen) atoms. The van der Waals surface area contributed by atoms with Crippen LogP contribution in [0.5, 0.6) is 0 Å². The minimum Gasteiger partial charge on any atom is -0.455 e. The molecule has 0 radical (unpaired) electrons. The molecule has 1 amide bonds. The lowest BCUT2D eigenvalue weighted by atomic mass is 9.64. The maximum Gasteiger partial charge on any atom is 0.317 e. The minimum atomic E-state index is -0.599. The molecule has 0 heterocycles. The van der Waals surface area contributed by atoms with Gasteiger partial charge in [0.2, 0.25) is 0 Å². The molecule has 4 nitrogen and oxygen atoms in total. The van der Waals surface area contributed by atoms with E-state index in [1.807, 2.05) is 12.1 Å². The Kier molecular flexibility index (Phi) is 4.90. The zero-order valence-corrected chi connectivity index (χ0v) is 13.9. The lowest BCUT2D eigenvalue weighted by Gasteiger charge is -2.39. The Hall–Kier alpha value is -1.55. The monoisotopic (exact) mass is 335 g/mol. The molecule has 0 unspecified atom stereocenters. The Morgan fingerprint density at radius 2 is 1.78 bits per heavy atom. The number of carbonyl (C=O) groups excluding carboxylic acids is 2. The lowest BCUT2D eigenvalue weighted by Crippen LogP contribution is -2.45. The molecule has 0 spiro atoms. The summed E-state index contributed by atoms with van der Waals surface area (Å²) in [4.78, 5) is 24.5. The molecule has 1 aromatic rings. The second kappa shape index (κ2) is 6.91. The number of benzene rings is 1. The van der Waals surface area contributed by atoms with Crippen molar-refractivity contribution in [1.29, 1.82) is 0 Å². The molecule has 0 aromatic heterocycles. The smallest absolute Gasteiger partial charge is 0.317 e. The van der Waals surface area contributed by atoms with Crippen LogP contribution in [0, 0.1) is 0 Å². The molecule has 124 valence electrons. The van der Waals surface area contributed by atoms with Crippen LogP contribution in [0.3, 0.4) is 0 Å². The molecule has 1 N–H and O–H groups in total. The number of rotatable bonds is 5. The van der Waals surface area contributed by atoms with Crippen LogP contribution in [0.15, 0.2) is 24.3 Å². The van der Waals surface area contributed by atoms with Crippen LogP contribution in [0.4, 0.5) is 0 Å². The minimum absolute atomic E-state index is 0.190. The number of halogens is 1. The van der Waals surface area contributed by atoms with E-state index in [1.165, 1.54) is 0 Å². The first-order valence-electron chi connectivity index (χ1n) is 8.33. The molecule has 0 saturated heterocycles. The second-order valence-corrected chi connectivity index (χ2v) is 7.00. The van der Waals surface area contributed by atoms with Gasteiger partial charge in [-0.05, 0) is 43.4 Å². The van der Waals surface area contributed by atoms with Crippen molar-refractivity contribution in [2.45, 2.75) is 56.4 Å². The van der Waals surface area contributed by atoms with Crippen molar-refractivity contribution >= 4 is 23.5 Å². The van der Waals surface area contributed by atoms with Crippen LogP contribution in [-0.4, -0.2) is 24.5 Å². The quantitative estimate of drug-likeness (QED) is 0.839. The van der Waals surface area contributed by atoms with E-state index in [9.17, 15) is 9.59 Å². The summed E-state index contributed by atoms with van der Waals surface area (Å²) in [6, 6.07) is 7.58. The van der Waals surface area contributed by atoms with Gasteiger partial charge in [-0.25, -0.2) is 0 Å². The molecule has 2 aliphatic rings. The van der Waals surface area contributed by atoms with Crippen molar-refractivity contribution in [3.05, 3.63) is 34.9 Å². The fraction of sp³-hybridized carbons (Fsp3) is 0.556. The van der Waals surface area contributed by atoms with Gasteiger partial charge in [0.05, 0.1) is 5.41 Å². The predicted octanol–water partition coefficient (Wildman–Crippen LogP) is 3.36. The maximum atomic E-state index is 12.5. The summed E-state index contributed by atoms with van der Waals surface area (Å²) in [6.07, 6.45) is 6.87. The first kappa shape index (κ1) is 16.3. The van der Waals surface area contributed by atoms with E-state index in [0.717, 1.165) is 50.5 Å². The highest BCUT2D eigenvalue weighted by Gasteiger charge is 2.47. The Bertz CT molecular complexity index is 574. The summed E-state index contributed by atoms with van der Waals surface area (Å²) in [5, 5.41) is 3.58. The fourth-order valence-corrected chi connectivity index (χ4v) is 3.64. The Balaban J connectivity index is 1.57. The second-order valence-electron chi connectivity index (χ2n) is 6.57. The molecular formula is C18H22ClNO3. The number of ether oxygens (including phenoxy) is 1. The average Bonchev–Trinajstić information content (AvgIpc) is 2.99. The molecule has 0 atom stereocenters. The van der Waals surface area contributed by atoms with Gasteiger partial charge in [-0.15, -0.1) is 0 Å². The van der Waals surface area contributed by atoms with E-state index in [1.54, 1.807) is 12.1 Å². The highest BCUT2D eigenvalue weighted by atomic mass is 35.5. The van der Waals surface area contributed by atoms with E-state index < -0.39 is 5.41 Å². The summed E-state index contributed by atoms with van der Waals surface area (Å²) >= 11 is 5.92. The van der Waals surface area contributed by atoms with E-state index in [0.29, 0.717) is 5.02 Å². The van der Waals surface area contributed by atoms with Crippen molar-refractivity contribution in [1.82, 2.24) is 5.32 Å². The maximum absolute atomic E-state index is 12.5. The average molecular weight is 336 g/mol. The largest absolute Gasteiger partial charge is 0.455 e. The lowest BCUT2D eigenvalue weighted by molar-refractivity contribution is -0.157. The number of hydrogen-bond acceptors (Lipinski definition) is 3. The highest BCUT2D eigenvalue weighted by molar-refractivity contribution is 6.30. The number of nitrogens with one attached hydrogen (secondary N) is 1. The number of carbonyl (C=O) groups is 2. The summed E-state index contributed by atoms with van der Waals surface area (Å²) in [7, 11) is 0. The van der Waals surface area contributed by atoms with Gasteiger partial charge in [0, 0.05) is 11.1 Å². The normalized spacial score (nSPS) is 19.9. The van der Waals surface area contributed by atoms with Crippen LogP contribution in [0.2, 0.25) is 5.02 Å². The Morgan fingerprint density at radius 3 is 2.35 bits per heavy atom. The van der Waals surface area contributed by atoms with E-state index in [4.69, 9.17) is 16.3 Å². The van der Waals surface area contributed by atoms with Crippen molar-refractivity contribution < 1.29 is 14.3 Å². The molecule has 2 aliphatic carbocycles. The van der Waals surface area contributed by atoms with E-state index in [2.05, 4.69) is 5.32 Å². The molecule has 1 aromatic carbocycles. The van der Waals surface area contributed by atoms with Crippen molar-refractivity contribution in [2.75, 3.05) is 6.61 Å². The van der Waals surface area contributed by atoms with Gasteiger partial charge in [0.25, 0.3) is 5.91 Å². The van der Waals surface area contributed by atoms with Gasteiger partial charge in [0.15, 0.2) is 6.61 Å². The van der Waals surface area contributed by atoms with Crippen molar-refractivity contribution in [3.63, 3.8) is 0 Å². The highest BCUT2D eigenvalue weighted by Crippen LogP contribution is 2.45. The molecular weight excluding hydrogens is 314 g/mol. The number of hydrogen-bond donors (Lipinski definition) is 1. The molecule has 0 aliphatic heterocycles. The molecule has 2 fully saturated rings. The fourth-order valence-electron chi connectivity index (χ4n) is 3.52.